The lowest BCUT2D eigenvalue weighted by molar-refractivity contribution is 0.565. The van der Waals surface area contributed by atoms with E-state index in [4.69, 9.17) is 12.2 Å². The maximum atomic E-state index is 11.7. The summed E-state index contributed by atoms with van der Waals surface area (Å²) in [7, 11) is -3.37. The number of hydrogen-bond donors (Lipinski definition) is 2. The maximum absolute atomic E-state index is 11.7. The second-order valence-corrected chi connectivity index (χ2v) is 12.0. The Hall–Kier alpha value is -3.69. The van der Waals surface area contributed by atoms with Crippen LogP contribution in [-0.2, 0) is 10.0 Å². The zero-order chi connectivity index (χ0) is 27.2. The fourth-order valence-electron chi connectivity index (χ4n) is 5.44. The Balaban J connectivity index is 1.65. The van der Waals surface area contributed by atoms with Gasteiger partial charge in [-0.15, -0.1) is 0 Å². The van der Waals surface area contributed by atoms with E-state index in [2.05, 4.69) is 76.5 Å². The van der Waals surface area contributed by atoms with E-state index in [1.807, 2.05) is 30.3 Å². The van der Waals surface area contributed by atoms with E-state index in [9.17, 15) is 8.42 Å². The molecule has 1 saturated heterocycles. The third-order valence-corrected chi connectivity index (χ3v) is 7.92. The minimum atomic E-state index is -3.37. The smallest absolute Gasteiger partial charge is 0.229 e. The molecule has 3 heterocycles. The highest BCUT2D eigenvalue weighted by Gasteiger charge is 2.42. The van der Waals surface area contributed by atoms with Crippen molar-refractivity contribution in [3.05, 3.63) is 107 Å². The summed E-state index contributed by atoms with van der Waals surface area (Å²) < 4.78 is 28.3. The van der Waals surface area contributed by atoms with Gasteiger partial charge in [-0.3, -0.25) is 9.71 Å². The van der Waals surface area contributed by atoms with Gasteiger partial charge in [0.2, 0.25) is 10.0 Å². The van der Waals surface area contributed by atoms with Crippen molar-refractivity contribution < 1.29 is 8.42 Å². The largest absolute Gasteiger partial charge is 0.351 e. The predicted molar refractivity (Wildman–Crippen MR) is 158 cm³/mol. The summed E-state index contributed by atoms with van der Waals surface area (Å²) in [4.78, 5) is 6.77. The van der Waals surface area contributed by atoms with Gasteiger partial charge < -0.3 is 14.8 Å². The molecular weight excluding hydrogens is 514 g/mol. The normalized spacial score (nSPS) is 17.5. The number of nitrogens with zero attached hydrogens (tertiary/aromatic N) is 3. The van der Waals surface area contributed by atoms with Crippen LogP contribution in [0.3, 0.4) is 0 Å². The molecule has 2 N–H and O–H groups in total. The molecule has 38 heavy (non-hydrogen) atoms. The van der Waals surface area contributed by atoms with Gasteiger partial charge in [0.05, 0.1) is 29.7 Å². The molecule has 1 aliphatic heterocycles. The van der Waals surface area contributed by atoms with E-state index in [0.717, 1.165) is 34.6 Å². The van der Waals surface area contributed by atoms with Crippen molar-refractivity contribution in [1.29, 1.82) is 0 Å². The topological polar surface area (TPSA) is 79.3 Å². The van der Waals surface area contributed by atoms with E-state index in [-0.39, 0.29) is 12.1 Å². The van der Waals surface area contributed by atoms with Crippen molar-refractivity contribution in [2.24, 2.45) is 0 Å². The number of pyridine rings is 1. The summed E-state index contributed by atoms with van der Waals surface area (Å²) >= 11 is 5.88. The van der Waals surface area contributed by atoms with Crippen molar-refractivity contribution in [2.45, 2.75) is 39.8 Å². The number of para-hydroxylation sites is 1. The molecular formula is C29H31N5O2S2. The van der Waals surface area contributed by atoms with Gasteiger partial charge in [0.15, 0.2) is 5.11 Å². The molecule has 5 rings (SSSR count). The van der Waals surface area contributed by atoms with Gasteiger partial charge in [-0.2, -0.15) is 0 Å². The molecule has 2 aromatic carbocycles. The SMILES string of the molecule is Cc1cccc(C)c1-n1c(C)cc([C@@H]2[C@@H](c3ccccn3)NC(=S)N2c2ccc(NS(C)(=O)=O)cc2)c1C. The monoisotopic (exact) mass is 545 g/mol. The quantitative estimate of drug-likeness (QED) is 0.305. The first kappa shape index (κ1) is 25.9. The van der Waals surface area contributed by atoms with Crippen molar-refractivity contribution in [2.75, 3.05) is 15.9 Å². The molecule has 0 bridgehead atoms. The summed E-state index contributed by atoms with van der Waals surface area (Å²) in [5, 5.41) is 4.10. The van der Waals surface area contributed by atoms with Crippen molar-refractivity contribution >= 4 is 38.7 Å². The number of aromatic nitrogens is 2. The first-order valence-corrected chi connectivity index (χ1v) is 14.7. The van der Waals surface area contributed by atoms with Gasteiger partial charge in [0.25, 0.3) is 0 Å². The average molecular weight is 546 g/mol. The number of thiocarbonyl (C=S) groups is 1. The predicted octanol–water partition coefficient (Wildman–Crippen LogP) is 5.65. The molecule has 0 unspecified atom stereocenters. The van der Waals surface area contributed by atoms with Gasteiger partial charge in [-0.25, -0.2) is 8.42 Å². The fraction of sp³-hybridized carbons (Fsp3) is 0.241. The molecule has 1 fully saturated rings. The summed E-state index contributed by atoms with van der Waals surface area (Å²) in [6.07, 6.45) is 2.94. The molecule has 0 amide bonds. The highest BCUT2D eigenvalue weighted by atomic mass is 32.2. The third kappa shape index (κ3) is 4.79. The summed E-state index contributed by atoms with van der Waals surface area (Å²) in [5.41, 5.74) is 9.30. The Morgan fingerprint density at radius 1 is 0.947 bits per heavy atom. The summed E-state index contributed by atoms with van der Waals surface area (Å²) in [5.74, 6) is 0. The standard InChI is InChI=1S/C29H31N5O2S2/c1-18-9-8-10-19(2)27(18)33-20(3)17-24(21(33)4)28-26(25-11-6-7-16-30-25)31-29(37)34(28)23-14-12-22(13-15-23)32-38(5,35)36/h6-17,26,28,32H,1-5H3,(H,31,37)/t26-,28-/m1/s1. The summed E-state index contributed by atoms with van der Waals surface area (Å²) in [6.45, 7) is 8.57. The van der Waals surface area contributed by atoms with Crippen LogP contribution in [0.5, 0.6) is 0 Å². The third-order valence-electron chi connectivity index (χ3n) is 7.00. The zero-order valence-electron chi connectivity index (χ0n) is 22.1. The molecule has 0 saturated carbocycles. The zero-order valence-corrected chi connectivity index (χ0v) is 23.7. The minimum Gasteiger partial charge on any atom is -0.351 e. The molecule has 7 nitrogen and oxygen atoms in total. The number of aryl methyl sites for hydroxylation is 3. The number of benzene rings is 2. The average Bonchev–Trinajstić information content (AvgIpc) is 3.35. The molecule has 1 aliphatic rings. The van der Waals surface area contributed by atoms with Crippen LogP contribution < -0.4 is 14.9 Å². The Morgan fingerprint density at radius 2 is 1.63 bits per heavy atom. The molecule has 0 radical (unpaired) electrons. The van der Waals surface area contributed by atoms with Crippen molar-refractivity contribution in [3.63, 3.8) is 0 Å². The van der Waals surface area contributed by atoms with Gasteiger partial charge in [-0.1, -0.05) is 24.3 Å². The molecule has 4 aromatic rings. The first-order chi connectivity index (χ1) is 18.0. The fourth-order valence-corrected chi connectivity index (χ4v) is 6.35. The van der Waals surface area contributed by atoms with Crippen molar-refractivity contribution in [1.82, 2.24) is 14.9 Å². The van der Waals surface area contributed by atoms with E-state index in [1.54, 1.807) is 18.3 Å². The van der Waals surface area contributed by atoms with Crippen LogP contribution in [0.4, 0.5) is 11.4 Å². The van der Waals surface area contributed by atoms with Crippen LogP contribution >= 0.6 is 12.2 Å². The first-order valence-electron chi connectivity index (χ1n) is 12.4. The molecule has 9 heteroatoms. The van der Waals surface area contributed by atoms with Crippen LogP contribution in [-0.4, -0.2) is 29.3 Å². The lowest BCUT2D eigenvalue weighted by atomic mass is 9.96. The van der Waals surface area contributed by atoms with E-state index < -0.39 is 10.0 Å². The molecule has 2 atom stereocenters. The molecule has 2 aromatic heterocycles. The number of rotatable bonds is 6. The van der Waals surface area contributed by atoms with Crippen LogP contribution in [0.1, 0.15) is 45.9 Å². The number of nitrogens with one attached hydrogen (secondary N) is 2. The van der Waals surface area contributed by atoms with E-state index in [0.29, 0.717) is 10.8 Å². The van der Waals surface area contributed by atoms with Crippen LogP contribution in [0.2, 0.25) is 0 Å². The Kier molecular flexibility index (Phi) is 6.75. The van der Waals surface area contributed by atoms with Crippen LogP contribution in [0.15, 0.2) is 72.9 Å². The Bertz CT molecular complexity index is 1590. The Labute approximate surface area is 229 Å². The minimum absolute atomic E-state index is 0.171. The van der Waals surface area contributed by atoms with Crippen molar-refractivity contribution in [3.8, 4) is 5.69 Å². The molecule has 0 spiro atoms. The van der Waals surface area contributed by atoms with Gasteiger partial charge in [-0.05, 0) is 99.1 Å². The summed E-state index contributed by atoms with van der Waals surface area (Å²) in [6, 6.07) is 21.5. The Morgan fingerprint density at radius 3 is 2.24 bits per heavy atom. The highest BCUT2D eigenvalue weighted by Crippen LogP contribution is 2.44. The van der Waals surface area contributed by atoms with E-state index in [1.165, 1.54) is 16.8 Å². The van der Waals surface area contributed by atoms with Gasteiger partial charge >= 0.3 is 0 Å². The number of hydrogen-bond acceptors (Lipinski definition) is 4. The van der Waals surface area contributed by atoms with E-state index >= 15 is 0 Å². The maximum Gasteiger partial charge on any atom is 0.229 e. The lowest BCUT2D eigenvalue weighted by Crippen LogP contribution is -2.29. The van der Waals surface area contributed by atoms with Gasteiger partial charge in [0, 0.05) is 29.0 Å². The molecule has 196 valence electrons. The second kappa shape index (κ2) is 9.89. The number of anilines is 2. The number of sulfonamides is 1. The second-order valence-electron chi connectivity index (χ2n) is 9.82. The van der Waals surface area contributed by atoms with Gasteiger partial charge in [0.1, 0.15) is 0 Å². The lowest BCUT2D eigenvalue weighted by Gasteiger charge is -2.28. The molecule has 0 aliphatic carbocycles. The highest BCUT2D eigenvalue weighted by molar-refractivity contribution is 7.92. The van der Waals surface area contributed by atoms with Crippen LogP contribution in [0.25, 0.3) is 5.69 Å². The van der Waals surface area contributed by atoms with Crippen LogP contribution in [0, 0.1) is 27.7 Å².